The molecule has 21 heavy (non-hydrogen) atoms. The van der Waals surface area contributed by atoms with E-state index in [2.05, 4.69) is 11.2 Å². The maximum atomic E-state index is 12.9. The molecular weight excluding hydrogens is 264 g/mol. The van der Waals surface area contributed by atoms with Gasteiger partial charge in [-0.3, -0.25) is 9.59 Å². The van der Waals surface area contributed by atoms with Crippen molar-refractivity contribution in [2.24, 2.45) is 5.92 Å². The van der Waals surface area contributed by atoms with E-state index in [1.807, 2.05) is 18.7 Å². The molecule has 1 heterocycles. The second-order valence-corrected chi connectivity index (χ2v) is 6.63. The molecule has 4 nitrogen and oxygen atoms in total. The van der Waals surface area contributed by atoms with E-state index < -0.39 is 5.54 Å². The maximum absolute atomic E-state index is 12.9. The van der Waals surface area contributed by atoms with Gasteiger partial charge in [-0.05, 0) is 31.6 Å². The Hall–Kier alpha value is -1.50. The quantitative estimate of drug-likeness (QED) is 0.622. The highest BCUT2D eigenvalue weighted by Crippen LogP contribution is 2.35. The molecule has 1 saturated heterocycles. The molecule has 116 valence electrons. The average molecular weight is 290 g/mol. The molecule has 1 aliphatic heterocycles. The summed E-state index contributed by atoms with van der Waals surface area (Å²) in [5, 5.41) is 3.04. The number of rotatable bonds is 5. The summed E-state index contributed by atoms with van der Waals surface area (Å²) in [7, 11) is 0. The van der Waals surface area contributed by atoms with Crippen molar-refractivity contribution in [1.29, 1.82) is 0 Å². The predicted molar refractivity (Wildman–Crippen MR) is 82.4 cm³/mol. The van der Waals surface area contributed by atoms with Crippen molar-refractivity contribution in [3.05, 3.63) is 0 Å². The summed E-state index contributed by atoms with van der Waals surface area (Å²) < 4.78 is 0. The fraction of sp³-hybridized carbons (Fsp3) is 0.765. The number of hydrogen-bond donors (Lipinski definition) is 1. The number of terminal acetylenes is 1. The van der Waals surface area contributed by atoms with Crippen LogP contribution in [0.5, 0.6) is 0 Å². The number of nitrogens with zero attached hydrogens (tertiary/aromatic N) is 1. The zero-order valence-electron chi connectivity index (χ0n) is 13.2. The van der Waals surface area contributed by atoms with Crippen LogP contribution in [0.25, 0.3) is 0 Å². The molecular formula is C17H26N2O2. The molecule has 1 aliphatic carbocycles. The molecule has 1 N–H and O–H groups in total. The summed E-state index contributed by atoms with van der Waals surface area (Å²) in [6.07, 6.45) is 11.4. The van der Waals surface area contributed by atoms with Crippen LogP contribution in [0, 0.1) is 18.3 Å². The largest absolute Gasteiger partial charge is 0.340 e. The Morgan fingerprint density at radius 1 is 1.33 bits per heavy atom. The highest BCUT2D eigenvalue weighted by atomic mass is 16.2. The van der Waals surface area contributed by atoms with E-state index in [0.717, 1.165) is 44.9 Å². The number of unbranched alkanes of at least 4 members (excludes halogenated alkanes) is 2. The third kappa shape index (κ3) is 3.07. The van der Waals surface area contributed by atoms with Gasteiger partial charge < -0.3 is 10.2 Å². The molecule has 4 heteroatoms. The minimum atomic E-state index is -0.616. The van der Waals surface area contributed by atoms with Crippen LogP contribution in [0.3, 0.4) is 0 Å². The minimum Gasteiger partial charge on any atom is -0.340 e. The standard InChI is InChI=1S/C17H26N2O2/c1-4-5-6-9-12-19-14(13(2)3)15(20)18-17(16(19)21)10-7-8-11-17/h1,13-14H,5-12H2,2-3H3,(H,18,20). The fourth-order valence-electron chi connectivity index (χ4n) is 3.64. The molecule has 1 saturated carbocycles. The Kier molecular flexibility index (Phi) is 4.92. The molecule has 0 aromatic carbocycles. The topological polar surface area (TPSA) is 49.4 Å². The van der Waals surface area contributed by atoms with Gasteiger partial charge in [-0.25, -0.2) is 0 Å². The van der Waals surface area contributed by atoms with Crippen LogP contribution in [-0.2, 0) is 9.59 Å². The van der Waals surface area contributed by atoms with Crippen molar-refractivity contribution in [3.63, 3.8) is 0 Å². The second kappa shape index (κ2) is 6.51. The first-order valence-corrected chi connectivity index (χ1v) is 8.08. The van der Waals surface area contributed by atoms with Crippen LogP contribution in [0.1, 0.15) is 58.8 Å². The Morgan fingerprint density at radius 2 is 2.00 bits per heavy atom. The first kappa shape index (κ1) is 15.9. The van der Waals surface area contributed by atoms with Gasteiger partial charge in [-0.15, -0.1) is 12.3 Å². The fourth-order valence-corrected chi connectivity index (χ4v) is 3.64. The molecule has 2 amide bonds. The van der Waals surface area contributed by atoms with Gasteiger partial charge in [0.1, 0.15) is 11.6 Å². The van der Waals surface area contributed by atoms with E-state index >= 15 is 0 Å². The number of nitrogens with one attached hydrogen (secondary N) is 1. The smallest absolute Gasteiger partial charge is 0.249 e. The Bertz CT molecular complexity index is 444. The lowest BCUT2D eigenvalue weighted by molar-refractivity contribution is -0.156. The zero-order valence-corrected chi connectivity index (χ0v) is 13.2. The van der Waals surface area contributed by atoms with Gasteiger partial charge in [0.2, 0.25) is 11.8 Å². The number of amides is 2. The molecule has 2 rings (SSSR count). The van der Waals surface area contributed by atoms with E-state index in [4.69, 9.17) is 6.42 Å². The highest BCUT2D eigenvalue weighted by Gasteiger charge is 2.52. The van der Waals surface area contributed by atoms with Gasteiger partial charge in [0.25, 0.3) is 0 Å². The van der Waals surface area contributed by atoms with Crippen LogP contribution in [0.2, 0.25) is 0 Å². The van der Waals surface area contributed by atoms with Gasteiger partial charge in [0, 0.05) is 13.0 Å². The molecule has 0 aromatic heterocycles. The zero-order chi connectivity index (χ0) is 15.5. The van der Waals surface area contributed by atoms with Gasteiger partial charge in [-0.2, -0.15) is 0 Å². The summed E-state index contributed by atoms with van der Waals surface area (Å²) >= 11 is 0. The monoisotopic (exact) mass is 290 g/mol. The van der Waals surface area contributed by atoms with Crippen molar-refractivity contribution in [2.45, 2.75) is 70.4 Å². The Labute approximate surface area is 127 Å². The molecule has 1 spiro atoms. The summed E-state index contributed by atoms with van der Waals surface area (Å²) in [4.78, 5) is 27.3. The lowest BCUT2D eigenvalue weighted by Crippen LogP contribution is -2.70. The maximum Gasteiger partial charge on any atom is 0.249 e. The number of piperazine rings is 1. The van der Waals surface area contributed by atoms with Crippen LogP contribution in [0.15, 0.2) is 0 Å². The number of carbonyl (C=O) groups excluding carboxylic acids is 2. The van der Waals surface area contributed by atoms with E-state index in [9.17, 15) is 9.59 Å². The van der Waals surface area contributed by atoms with Crippen molar-refractivity contribution >= 4 is 11.8 Å². The highest BCUT2D eigenvalue weighted by molar-refractivity contribution is 6.00. The molecule has 2 fully saturated rings. The molecule has 0 bridgehead atoms. The van der Waals surface area contributed by atoms with E-state index in [0.29, 0.717) is 6.54 Å². The second-order valence-electron chi connectivity index (χ2n) is 6.63. The van der Waals surface area contributed by atoms with E-state index in [-0.39, 0.29) is 23.8 Å². The predicted octanol–water partition coefficient (Wildman–Crippen LogP) is 2.09. The van der Waals surface area contributed by atoms with Crippen LogP contribution in [0.4, 0.5) is 0 Å². The van der Waals surface area contributed by atoms with Gasteiger partial charge >= 0.3 is 0 Å². The Morgan fingerprint density at radius 3 is 2.57 bits per heavy atom. The summed E-state index contributed by atoms with van der Waals surface area (Å²) in [6.45, 7) is 4.63. The molecule has 0 aromatic rings. The first-order chi connectivity index (χ1) is 10.0. The van der Waals surface area contributed by atoms with Gasteiger partial charge in [-0.1, -0.05) is 26.7 Å². The van der Waals surface area contributed by atoms with Crippen molar-refractivity contribution in [1.82, 2.24) is 10.2 Å². The lowest BCUT2D eigenvalue weighted by atomic mass is 9.87. The average Bonchev–Trinajstić information content (AvgIpc) is 2.89. The first-order valence-electron chi connectivity index (χ1n) is 8.08. The summed E-state index contributed by atoms with van der Waals surface area (Å²) in [5.41, 5.74) is -0.616. The van der Waals surface area contributed by atoms with Gasteiger partial charge in [0.05, 0.1) is 0 Å². The third-order valence-electron chi connectivity index (χ3n) is 4.70. The van der Waals surface area contributed by atoms with E-state index in [1.54, 1.807) is 0 Å². The number of hydrogen-bond acceptors (Lipinski definition) is 2. The van der Waals surface area contributed by atoms with Gasteiger partial charge in [0.15, 0.2) is 0 Å². The summed E-state index contributed by atoms with van der Waals surface area (Å²) in [6, 6.07) is -0.338. The normalized spacial score (nSPS) is 24.5. The van der Waals surface area contributed by atoms with Crippen molar-refractivity contribution in [2.75, 3.05) is 6.54 Å². The van der Waals surface area contributed by atoms with Crippen LogP contribution in [-0.4, -0.2) is 34.8 Å². The SMILES string of the molecule is C#CCCCCN1C(=O)C2(CCCC2)NC(=O)C1C(C)C. The minimum absolute atomic E-state index is 0.0171. The van der Waals surface area contributed by atoms with Crippen LogP contribution < -0.4 is 5.32 Å². The van der Waals surface area contributed by atoms with E-state index in [1.165, 1.54) is 0 Å². The molecule has 2 aliphatic rings. The number of carbonyl (C=O) groups is 2. The third-order valence-corrected chi connectivity index (χ3v) is 4.70. The lowest BCUT2D eigenvalue weighted by Gasteiger charge is -2.46. The summed E-state index contributed by atoms with van der Waals surface area (Å²) in [5.74, 6) is 2.89. The Balaban J connectivity index is 2.15. The van der Waals surface area contributed by atoms with Crippen molar-refractivity contribution in [3.8, 4) is 12.3 Å². The molecule has 0 radical (unpaired) electrons. The molecule has 1 atom stereocenters. The molecule has 1 unspecified atom stereocenters. The van der Waals surface area contributed by atoms with Crippen molar-refractivity contribution < 1.29 is 9.59 Å². The van der Waals surface area contributed by atoms with Crippen LogP contribution >= 0.6 is 0 Å².